The summed E-state index contributed by atoms with van der Waals surface area (Å²) in [4.78, 5) is 25.9. The number of ether oxygens (including phenoxy) is 1. The summed E-state index contributed by atoms with van der Waals surface area (Å²) < 4.78 is 6.69. The summed E-state index contributed by atoms with van der Waals surface area (Å²) in [5.74, 6) is -1.17. The van der Waals surface area contributed by atoms with E-state index in [2.05, 4.69) is 28.1 Å². The average molecular weight is 361 g/mol. The van der Waals surface area contributed by atoms with Gasteiger partial charge in [0.15, 0.2) is 11.6 Å². The Balaban J connectivity index is 1.81. The number of halogens is 1. The first-order valence-electron chi connectivity index (χ1n) is 7.58. The molecule has 1 aromatic carbocycles. The zero-order chi connectivity index (χ0) is 15.8. The highest BCUT2D eigenvalue weighted by Gasteiger charge is 2.63. The zero-order valence-electron chi connectivity index (χ0n) is 12.7. The minimum atomic E-state index is -0.615. The van der Waals surface area contributed by atoms with Crippen molar-refractivity contribution in [2.24, 2.45) is 11.8 Å². The van der Waals surface area contributed by atoms with Crippen LogP contribution < -0.4 is 0 Å². The molecule has 1 saturated heterocycles. The smallest absolute Gasteiger partial charge is 0.154 e. The molecule has 1 aliphatic carbocycles. The van der Waals surface area contributed by atoms with E-state index in [0.717, 1.165) is 26.7 Å². The van der Waals surface area contributed by atoms with Crippen LogP contribution in [0.5, 0.6) is 0 Å². The number of fused-ring (bicyclic) bond motifs is 5. The maximum atomic E-state index is 13.0. The minimum Gasteiger partial charge on any atom is -0.364 e. The number of Topliss-reactive ketones (excluding diaryl/α,β-unsaturated/α-hetero) is 2. The van der Waals surface area contributed by atoms with Crippen LogP contribution in [0.1, 0.15) is 28.2 Å². The quantitative estimate of drug-likeness (QED) is 0.722. The lowest BCUT2D eigenvalue weighted by molar-refractivity contribution is -0.127. The molecule has 4 heteroatoms. The molecule has 0 aromatic heterocycles. The largest absolute Gasteiger partial charge is 0.364 e. The Labute approximate surface area is 137 Å². The van der Waals surface area contributed by atoms with Crippen molar-refractivity contribution in [2.75, 3.05) is 0 Å². The Morgan fingerprint density at radius 1 is 1.00 bits per heavy atom. The van der Waals surface area contributed by atoms with Crippen LogP contribution in [0.15, 0.2) is 22.7 Å². The van der Waals surface area contributed by atoms with Gasteiger partial charge in [-0.25, -0.2) is 0 Å². The molecule has 1 unspecified atom stereocenters. The number of aryl methyl sites for hydroxylation is 3. The van der Waals surface area contributed by atoms with Gasteiger partial charge < -0.3 is 4.74 Å². The summed E-state index contributed by atoms with van der Waals surface area (Å²) in [6.45, 7) is 6.01. The molecule has 0 N–H and O–H groups in total. The first kappa shape index (κ1) is 14.3. The molecule has 0 amide bonds. The third-order valence-corrected chi connectivity index (χ3v) is 5.93. The van der Waals surface area contributed by atoms with E-state index in [0.29, 0.717) is 0 Å². The highest BCUT2D eigenvalue weighted by Crippen LogP contribution is 2.53. The van der Waals surface area contributed by atoms with Crippen LogP contribution in [-0.4, -0.2) is 23.8 Å². The van der Waals surface area contributed by atoms with Crippen LogP contribution in [0, 0.1) is 32.6 Å². The topological polar surface area (TPSA) is 43.4 Å². The summed E-state index contributed by atoms with van der Waals surface area (Å²) in [6.07, 6.45) is 1.44. The van der Waals surface area contributed by atoms with Gasteiger partial charge in [-0.1, -0.05) is 33.6 Å². The van der Waals surface area contributed by atoms with Gasteiger partial charge >= 0.3 is 0 Å². The summed E-state index contributed by atoms with van der Waals surface area (Å²) >= 11 is 3.47. The van der Waals surface area contributed by atoms with Crippen molar-refractivity contribution in [1.29, 1.82) is 0 Å². The fraction of sp³-hybridized carbons (Fsp3) is 0.444. The normalized spacial score (nSPS) is 36.0. The van der Waals surface area contributed by atoms with E-state index in [1.54, 1.807) is 0 Å². The van der Waals surface area contributed by atoms with E-state index in [1.165, 1.54) is 0 Å². The number of hydrogen-bond acceptors (Lipinski definition) is 3. The first-order valence-corrected chi connectivity index (χ1v) is 8.37. The lowest BCUT2D eigenvalue weighted by Gasteiger charge is -2.18. The Bertz CT molecular complexity index is 726. The fourth-order valence-electron chi connectivity index (χ4n) is 4.48. The number of carbonyl (C=O) groups is 2. The van der Waals surface area contributed by atoms with Crippen LogP contribution in [-0.2, 0) is 14.3 Å². The van der Waals surface area contributed by atoms with Crippen molar-refractivity contribution in [1.82, 2.24) is 0 Å². The molecule has 1 saturated carbocycles. The van der Waals surface area contributed by atoms with Gasteiger partial charge in [-0.05, 0) is 43.5 Å². The third-order valence-electron chi connectivity index (χ3n) is 5.22. The summed E-state index contributed by atoms with van der Waals surface area (Å²) in [5, 5.41) is 0. The monoisotopic (exact) mass is 360 g/mol. The minimum absolute atomic E-state index is 0.0302. The number of carbonyl (C=O) groups excluding carboxylic acids is 2. The lowest BCUT2D eigenvalue weighted by Crippen LogP contribution is -2.27. The fourth-order valence-corrected chi connectivity index (χ4v) is 5.14. The van der Waals surface area contributed by atoms with Crippen LogP contribution in [0.4, 0.5) is 0 Å². The van der Waals surface area contributed by atoms with Gasteiger partial charge in [-0.3, -0.25) is 9.59 Å². The summed E-state index contributed by atoms with van der Waals surface area (Å²) in [6, 6.07) is 4.10. The Morgan fingerprint density at radius 2 is 1.59 bits per heavy atom. The predicted molar refractivity (Wildman–Crippen MR) is 86.1 cm³/mol. The first-order chi connectivity index (χ1) is 10.4. The molecular weight excluding hydrogens is 344 g/mol. The van der Waals surface area contributed by atoms with Crippen molar-refractivity contribution in [3.63, 3.8) is 0 Å². The maximum Gasteiger partial charge on any atom is 0.154 e. The second-order valence-corrected chi connectivity index (χ2v) is 7.59. The van der Waals surface area contributed by atoms with E-state index in [4.69, 9.17) is 4.74 Å². The summed E-state index contributed by atoms with van der Waals surface area (Å²) in [7, 11) is 0. The molecule has 22 heavy (non-hydrogen) atoms. The molecule has 3 nitrogen and oxygen atoms in total. The standard InChI is InChI=1S/C18H17BrO3/c1-7-4-8(2)12(9(3)5-7)14-16(20)13-11-6-10(19)18(22-11)15(13)17(14)21/h4-6,11,13-15,18H,1-3H3/t11-,13-,14?,15+,18+/m0/s1. The Hall–Kier alpha value is -1.26. The van der Waals surface area contributed by atoms with E-state index in [-0.39, 0.29) is 35.6 Å². The lowest BCUT2D eigenvalue weighted by atomic mass is 9.85. The average Bonchev–Trinajstić information content (AvgIpc) is 3.03. The van der Waals surface area contributed by atoms with Crippen molar-refractivity contribution >= 4 is 27.5 Å². The van der Waals surface area contributed by atoms with Crippen LogP contribution in [0.2, 0.25) is 0 Å². The molecule has 1 aromatic rings. The third kappa shape index (κ3) is 1.71. The van der Waals surface area contributed by atoms with E-state index < -0.39 is 5.92 Å². The number of benzene rings is 1. The van der Waals surface area contributed by atoms with E-state index in [1.807, 2.05) is 26.8 Å². The van der Waals surface area contributed by atoms with Crippen LogP contribution >= 0.6 is 15.9 Å². The molecule has 114 valence electrons. The number of hydrogen-bond donors (Lipinski definition) is 0. The number of rotatable bonds is 1. The van der Waals surface area contributed by atoms with Gasteiger partial charge in [-0.15, -0.1) is 0 Å². The Kier molecular flexibility index (Phi) is 3.01. The van der Waals surface area contributed by atoms with Crippen LogP contribution in [0.25, 0.3) is 0 Å². The maximum absolute atomic E-state index is 13.0. The molecule has 0 radical (unpaired) electrons. The highest BCUT2D eigenvalue weighted by atomic mass is 79.9. The molecule has 4 rings (SSSR count). The van der Waals surface area contributed by atoms with Crippen molar-refractivity contribution in [2.45, 2.75) is 38.9 Å². The van der Waals surface area contributed by atoms with Crippen LogP contribution in [0.3, 0.4) is 0 Å². The highest BCUT2D eigenvalue weighted by molar-refractivity contribution is 9.11. The van der Waals surface area contributed by atoms with Crippen molar-refractivity contribution < 1.29 is 14.3 Å². The second-order valence-electron chi connectivity index (χ2n) is 6.67. The molecule has 0 spiro atoms. The van der Waals surface area contributed by atoms with Gasteiger partial charge in [0.05, 0.1) is 17.9 Å². The molecule has 2 fully saturated rings. The van der Waals surface area contributed by atoms with Gasteiger partial charge in [0.1, 0.15) is 12.0 Å². The van der Waals surface area contributed by atoms with Crippen molar-refractivity contribution in [3.8, 4) is 0 Å². The summed E-state index contributed by atoms with van der Waals surface area (Å²) in [5.41, 5.74) is 4.13. The Morgan fingerprint density at radius 3 is 2.23 bits per heavy atom. The molecular formula is C18H17BrO3. The van der Waals surface area contributed by atoms with Gasteiger partial charge in [0.25, 0.3) is 0 Å². The molecule has 2 bridgehead atoms. The van der Waals surface area contributed by atoms with E-state index in [9.17, 15) is 9.59 Å². The number of ketones is 2. The molecule has 2 heterocycles. The second kappa shape index (κ2) is 4.62. The molecule has 3 aliphatic rings. The van der Waals surface area contributed by atoms with E-state index >= 15 is 0 Å². The van der Waals surface area contributed by atoms with Gasteiger partial charge in [0, 0.05) is 4.48 Å². The molecule has 5 atom stereocenters. The molecule has 2 aliphatic heterocycles. The van der Waals surface area contributed by atoms with Crippen molar-refractivity contribution in [3.05, 3.63) is 44.9 Å². The SMILES string of the molecule is Cc1cc(C)c(C2C(=O)[C@@H]3[C@H](C2=O)[C@@H]2O[C@H]3C=C2Br)c(C)c1. The predicted octanol–water partition coefficient (Wildman–Crippen LogP) is 3.14. The van der Waals surface area contributed by atoms with Gasteiger partial charge in [-0.2, -0.15) is 0 Å². The van der Waals surface area contributed by atoms with Gasteiger partial charge in [0.2, 0.25) is 0 Å². The zero-order valence-corrected chi connectivity index (χ0v) is 14.3.